The highest BCUT2D eigenvalue weighted by Gasteiger charge is 2.39. The third-order valence-electron chi connectivity index (χ3n) is 5.32. The zero-order chi connectivity index (χ0) is 14.7. The Hall–Kier alpha value is -1.02. The summed E-state index contributed by atoms with van der Waals surface area (Å²) < 4.78 is 6.08. The van der Waals surface area contributed by atoms with Crippen LogP contribution in [0, 0.1) is 5.41 Å². The van der Waals surface area contributed by atoms with Crippen LogP contribution in [-0.4, -0.2) is 13.2 Å². The van der Waals surface area contributed by atoms with Crippen LogP contribution >= 0.6 is 0 Å². The molecule has 1 heterocycles. The molecular formula is C19H29NO. The van der Waals surface area contributed by atoms with Gasteiger partial charge in [0.25, 0.3) is 0 Å². The summed E-state index contributed by atoms with van der Waals surface area (Å²) in [6.07, 6.45) is 8.91. The number of benzene rings is 1. The minimum Gasteiger partial charge on any atom is -0.493 e. The van der Waals surface area contributed by atoms with Gasteiger partial charge in [0.2, 0.25) is 0 Å². The van der Waals surface area contributed by atoms with Crippen molar-refractivity contribution in [1.82, 2.24) is 5.32 Å². The van der Waals surface area contributed by atoms with E-state index in [1.54, 1.807) is 0 Å². The van der Waals surface area contributed by atoms with Gasteiger partial charge < -0.3 is 10.1 Å². The SMILES string of the molecule is CCCNC(c1cccc2c1OCCC2)C1(C)CCCC1. The zero-order valence-electron chi connectivity index (χ0n) is 13.6. The molecule has 1 unspecified atom stereocenters. The van der Waals surface area contributed by atoms with Crippen LogP contribution in [0.25, 0.3) is 0 Å². The molecule has 1 fully saturated rings. The van der Waals surface area contributed by atoms with Crippen LogP contribution < -0.4 is 10.1 Å². The first-order valence-corrected chi connectivity index (χ1v) is 8.72. The van der Waals surface area contributed by atoms with Crippen LogP contribution in [0.15, 0.2) is 18.2 Å². The highest BCUT2D eigenvalue weighted by molar-refractivity contribution is 5.45. The second-order valence-corrected chi connectivity index (χ2v) is 7.04. The van der Waals surface area contributed by atoms with Crippen molar-refractivity contribution in [2.24, 2.45) is 5.41 Å². The molecule has 2 aliphatic rings. The molecule has 2 nitrogen and oxygen atoms in total. The van der Waals surface area contributed by atoms with E-state index < -0.39 is 0 Å². The summed E-state index contributed by atoms with van der Waals surface area (Å²) in [4.78, 5) is 0. The van der Waals surface area contributed by atoms with Crippen LogP contribution in [0.5, 0.6) is 5.75 Å². The van der Waals surface area contributed by atoms with Crippen LogP contribution in [0.1, 0.15) is 69.5 Å². The Morgan fingerprint density at radius 1 is 1.24 bits per heavy atom. The maximum Gasteiger partial charge on any atom is 0.127 e. The summed E-state index contributed by atoms with van der Waals surface area (Å²) in [7, 11) is 0. The van der Waals surface area contributed by atoms with Crippen molar-refractivity contribution < 1.29 is 4.74 Å². The predicted molar refractivity (Wildman–Crippen MR) is 87.9 cm³/mol. The van der Waals surface area contributed by atoms with Gasteiger partial charge in [-0.15, -0.1) is 0 Å². The van der Waals surface area contributed by atoms with Crippen molar-refractivity contribution in [3.63, 3.8) is 0 Å². The lowest BCUT2D eigenvalue weighted by molar-refractivity contribution is 0.211. The Bertz CT molecular complexity index is 476. The van der Waals surface area contributed by atoms with Crippen LogP contribution in [0.3, 0.4) is 0 Å². The Morgan fingerprint density at radius 2 is 2.05 bits per heavy atom. The van der Waals surface area contributed by atoms with Gasteiger partial charge in [0.1, 0.15) is 5.75 Å². The van der Waals surface area contributed by atoms with Crippen molar-refractivity contribution in [2.45, 2.75) is 64.8 Å². The van der Waals surface area contributed by atoms with Gasteiger partial charge in [-0.3, -0.25) is 0 Å². The third-order valence-corrected chi connectivity index (χ3v) is 5.32. The highest BCUT2D eigenvalue weighted by atomic mass is 16.5. The lowest BCUT2D eigenvalue weighted by Crippen LogP contribution is -2.35. The number of nitrogens with one attached hydrogen (secondary N) is 1. The first-order chi connectivity index (χ1) is 10.2. The molecule has 0 saturated heterocycles. The molecule has 21 heavy (non-hydrogen) atoms. The first-order valence-electron chi connectivity index (χ1n) is 8.72. The van der Waals surface area contributed by atoms with Crippen molar-refractivity contribution in [1.29, 1.82) is 0 Å². The molecule has 1 aromatic carbocycles. The maximum absolute atomic E-state index is 6.08. The van der Waals surface area contributed by atoms with Crippen LogP contribution in [-0.2, 0) is 6.42 Å². The average Bonchev–Trinajstić information content (AvgIpc) is 2.95. The van der Waals surface area contributed by atoms with Gasteiger partial charge in [0, 0.05) is 11.6 Å². The molecule has 1 aromatic rings. The van der Waals surface area contributed by atoms with Gasteiger partial charge in [-0.2, -0.15) is 0 Å². The second kappa shape index (κ2) is 6.39. The van der Waals surface area contributed by atoms with Crippen LogP contribution in [0.2, 0.25) is 0 Å². The Balaban J connectivity index is 1.96. The molecule has 0 amide bonds. The summed E-state index contributed by atoms with van der Waals surface area (Å²) >= 11 is 0. The Kier molecular flexibility index (Phi) is 4.54. The van der Waals surface area contributed by atoms with Gasteiger partial charge in [-0.05, 0) is 49.6 Å². The maximum atomic E-state index is 6.08. The number of hydrogen-bond acceptors (Lipinski definition) is 2. The summed E-state index contributed by atoms with van der Waals surface area (Å²) in [6.45, 7) is 6.68. The van der Waals surface area contributed by atoms with Crippen LogP contribution in [0.4, 0.5) is 0 Å². The van der Waals surface area contributed by atoms with E-state index in [2.05, 4.69) is 37.4 Å². The van der Waals surface area contributed by atoms with E-state index in [4.69, 9.17) is 4.74 Å². The van der Waals surface area contributed by atoms with Gasteiger partial charge in [0.05, 0.1) is 6.61 Å². The Labute approximate surface area is 129 Å². The van der Waals surface area contributed by atoms with Crippen molar-refractivity contribution in [3.8, 4) is 5.75 Å². The van der Waals surface area contributed by atoms with Crippen molar-refractivity contribution >= 4 is 0 Å². The molecule has 1 saturated carbocycles. The van der Waals surface area contributed by atoms with E-state index in [0.717, 1.165) is 19.6 Å². The van der Waals surface area contributed by atoms with Crippen molar-refractivity contribution in [2.75, 3.05) is 13.2 Å². The largest absolute Gasteiger partial charge is 0.493 e. The van der Waals surface area contributed by atoms with Gasteiger partial charge in [0.15, 0.2) is 0 Å². The third kappa shape index (κ3) is 2.96. The normalized spacial score (nSPS) is 21.6. The summed E-state index contributed by atoms with van der Waals surface area (Å²) in [5.74, 6) is 1.19. The number of ether oxygens (including phenoxy) is 1. The molecule has 2 heteroatoms. The number of fused-ring (bicyclic) bond motifs is 1. The van der Waals surface area contributed by atoms with Gasteiger partial charge in [-0.1, -0.05) is 44.9 Å². The van der Waals surface area contributed by atoms with E-state index in [1.807, 2.05) is 0 Å². The molecule has 0 radical (unpaired) electrons. The number of rotatable bonds is 5. The quantitative estimate of drug-likeness (QED) is 0.852. The highest BCUT2D eigenvalue weighted by Crippen LogP contribution is 2.49. The van der Waals surface area contributed by atoms with E-state index in [9.17, 15) is 0 Å². The van der Waals surface area contributed by atoms with E-state index in [1.165, 1.54) is 55.4 Å². The summed E-state index contributed by atoms with van der Waals surface area (Å²) in [6, 6.07) is 7.20. The molecule has 0 aromatic heterocycles. The molecule has 0 spiro atoms. The van der Waals surface area contributed by atoms with Gasteiger partial charge >= 0.3 is 0 Å². The second-order valence-electron chi connectivity index (χ2n) is 7.04. The monoisotopic (exact) mass is 287 g/mol. The van der Waals surface area contributed by atoms with Gasteiger partial charge in [-0.25, -0.2) is 0 Å². The van der Waals surface area contributed by atoms with E-state index in [-0.39, 0.29) is 0 Å². The smallest absolute Gasteiger partial charge is 0.127 e. The number of para-hydroxylation sites is 1. The zero-order valence-corrected chi connectivity index (χ0v) is 13.6. The fourth-order valence-electron chi connectivity index (χ4n) is 4.13. The topological polar surface area (TPSA) is 21.3 Å². The summed E-state index contributed by atoms with van der Waals surface area (Å²) in [5, 5.41) is 3.84. The van der Waals surface area contributed by atoms with Crippen molar-refractivity contribution in [3.05, 3.63) is 29.3 Å². The van der Waals surface area contributed by atoms with E-state index in [0.29, 0.717) is 11.5 Å². The average molecular weight is 287 g/mol. The first kappa shape index (κ1) is 14.9. The Morgan fingerprint density at radius 3 is 2.81 bits per heavy atom. The van der Waals surface area contributed by atoms with E-state index >= 15 is 0 Å². The molecule has 1 N–H and O–H groups in total. The molecule has 1 atom stereocenters. The summed E-state index contributed by atoms with van der Waals surface area (Å²) in [5.41, 5.74) is 3.19. The number of hydrogen-bond donors (Lipinski definition) is 1. The molecular weight excluding hydrogens is 258 g/mol. The fourth-order valence-corrected chi connectivity index (χ4v) is 4.13. The number of aryl methyl sites for hydroxylation is 1. The fraction of sp³-hybridized carbons (Fsp3) is 0.684. The lowest BCUT2D eigenvalue weighted by Gasteiger charge is -2.37. The molecule has 116 valence electrons. The standard InChI is InChI=1S/C19H29NO/c1-3-13-20-18(19(2)11-4-5-12-19)16-10-6-8-15-9-7-14-21-17(15)16/h6,8,10,18,20H,3-5,7,9,11-14H2,1-2H3. The minimum atomic E-state index is 0.380. The molecule has 1 aliphatic carbocycles. The lowest BCUT2D eigenvalue weighted by atomic mass is 9.76. The predicted octanol–water partition coefficient (Wildman–Crippen LogP) is 4.63. The molecule has 1 aliphatic heterocycles. The molecule has 3 rings (SSSR count). The minimum absolute atomic E-state index is 0.380. The molecule has 0 bridgehead atoms.